The number of aryl methyl sites for hydroxylation is 1. The summed E-state index contributed by atoms with van der Waals surface area (Å²) in [5.41, 5.74) is 1.04. The van der Waals surface area contributed by atoms with Gasteiger partial charge in [0.15, 0.2) is 5.13 Å². The molecule has 4 heteroatoms. The number of aliphatic hydroxyl groups excluding tert-OH is 1. The summed E-state index contributed by atoms with van der Waals surface area (Å²) >= 11 is 1.62. The molecule has 1 heterocycles. The number of nitrogens with zero attached hydrogens (tertiary/aromatic N) is 2. The molecule has 0 amide bonds. The van der Waals surface area contributed by atoms with Crippen molar-refractivity contribution in [2.75, 3.05) is 11.9 Å². The third-order valence-electron chi connectivity index (χ3n) is 3.04. The van der Waals surface area contributed by atoms with Crippen molar-refractivity contribution in [1.82, 2.24) is 4.98 Å². The third kappa shape index (κ3) is 2.74. The second-order valence-corrected chi connectivity index (χ2v) is 5.02. The number of rotatable bonds is 6. The standard InChI is InChI=1S/C12H22N2OS/c1-5-9(6-2)14(4)12-13-10(7-3)11(8-15)16-12/h9,15H,5-8H2,1-4H3. The van der Waals surface area contributed by atoms with Gasteiger partial charge >= 0.3 is 0 Å². The van der Waals surface area contributed by atoms with Gasteiger partial charge in [-0.05, 0) is 19.3 Å². The molecule has 0 radical (unpaired) electrons. The largest absolute Gasteiger partial charge is 0.391 e. The van der Waals surface area contributed by atoms with Crippen molar-refractivity contribution in [1.29, 1.82) is 0 Å². The Labute approximate surface area is 102 Å². The van der Waals surface area contributed by atoms with E-state index < -0.39 is 0 Å². The highest BCUT2D eigenvalue weighted by atomic mass is 32.1. The minimum absolute atomic E-state index is 0.109. The molecule has 3 nitrogen and oxygen atoms in total. The van der Waals surface area contributed by atoms with Crippen LogP contribution in [0.25, 0.3) is 0 Å². The van der Waals surface area contributed by atoms with Crippen LogP contribution in [0.2, 0.25) is 0 Å². The van der Waals surface area contributed by atoms with Crippen LogP contribution in [-0.4, -0.2) is 23.2 Å². The Kier molecular flexibility index (Phi) is 5.22. The SMILES string of the molecule is CCc1nc(N(C)C(CC)CC)sc1CO. The summed E-state index contributed by atoms with van der Waals surface area (Å²) in [5, 5.41) is 10.3. The van der Waals surface area contributed by atoms with Gasteiger partial charge in [0, 0.05) is 13.1 Å². The van der Waals surface area contributed by atoms with Gasteiger partial charge in [0.2, 0.25) is 0 Å². The first-order chi connectivity index (χ1) is 7.67. The summed E-state index contributed by atoms with van der Waals surface area (Å²) in [6.45, 7) is 6.59. The van der Waals surface area contributed by atoms with E-state index >= 15 is 0 Å². The van der Waals surface area contributed by atoms with E-state index in [1.54, 1.807) is 11.3 Å². The predicted molar refractivity (Wildman–Crippen MR) is 70.2 cm³/mol. The van der Waals surface area contributed by atoms with Gasteiger partial charge in [-0.2, -0.15) is 0 Å². The molecular weight excluding hydrogens is 220 g/mol. The van der Waals surface area contributed by atoms with E-state index in [0.717, 1.165) is 35.0 Å². The average Bonchev–Trinajstić information content (AvgIpc) is 2.73. The number of aliphatic hydroxyl groups is 1. The van der Waals surface area contributed by atoms with Crippen LogP contribution in [0.5, 0.6) is 0 Å². The van der Waals surface area contributed by atoms with Crippen LogP contribution in [0, 0.1) is 0 Å². The van der Waals surface area contributed by atoms with Gasteiger partial charge in [0.1, 0.15) is 0 Å². The maximum absolute atomic E-state index is 9.25. The van der Waals surface area contributed by atoms with Gasteiger partial charge in [0.05, 0.1) is 17.2 Å². The molecule has 1 rings (SSSR count). The lowest BCUT2D eigenvalue weighted by atomic mass is 10.1. The van der Waals surface area contributed by atoms with Gasteiger partial charge in [-0.1, -0.05) is 32.1 Å². The minimum Gasteiger partial charge on any atom is -0.391 e. The zero-order valence-electron chi connectivity index (χ0n) is 10.7. The zero-order chi connectivity index (χ0) is 12.1. The topological polar surface area (TPSA) is 36.4 Å². The van der Waals surface area contributed by atoms with E-state index in [9.17, 15) is 5.11 Å². The quantitative estimate of drug-likeness (QED) is 0.833. The van der Waals surface area contributed by atoms with Crippen LogP contribution in [0.15, 0.2) is 0 Å². The molecule has 1 aromatic rings. The monoisotopic (exact) mass is 242 g/mol. The summed E-state index contributed by atoms with van der Waals surface area (Å²) in [6.07, 6.45) is 3.15. The van der Waals surface area contributed by atoms with Crippen molar-refractivity contribution in [3.63, 3.8) is 0 Å². The fourth-order valence-electron chi connectivity index (χ4n) is 1.91. The van der Waals surface area contributed by atoms with Gasteiger partial charge in [-0.15, -0.1) is 0 Å². The van der Waals surface area contributed by atoms with Gasteiger partial charge < -0.3 is 10.0 Å². The van der Waals surface area contributed by atoms with Gasteiger partial charge in [-0.25, -0.2) is 4.98 Å². The Morgan fingerprint density at radius 1 is 1.31 bits per heavy atom. The Hall–Kier alpha value is -0.610. The van der Waals surface area contributed by atoms with Crippen molar-refractivity contribution in [3.8, 4) is 0 Å². The van der Waals surface area contributed by atoms with E-state index in [1.807, 2.05) is 0 Å². The smallest absolute Gasteiger partial charge is 0.185 e. The lowest BCUT2D eigenvalue weighted by Crippen LogP contribution is -2.30. The lowest BCUT2D eigenvalue weighted by Gasteiger charge is -2.25. The molecule has 0 aliphatic carbocycles. The molecule has 1 N–H and O–H groups in total. The molecule has 0 atom stereocenters. The molecule has 92 valence electrons. The highest BCUT2D eigenvalue weighted by Gasteiger charge is 2.17. The molecule has 0 spiro atoms. The Morgan fingerprint density at radius 2 is 1.94 bits per heavy atom. The molecule has 0 aliphatic heterocycles. The van der Waals surface area contributed by atoms with Crippen LogP contribution < -0.4 is 4.90 Å². The van der Waals surface area contributed by atoms with Crippen LogP contribution in [-0.2, 0) is 13.0 Å². The second-order valence-electron chi connectivity index (χ2n) is 3.96. The number of aromatic nitrogens is 1. The van der Waals surface area contributed by atoms with Crippen molar-refractivity contribution in [2.45, 2.75) is 52.7 Å². The number of anilines is 1. The molecule has 0 bridgehead atoms. The molecule has 0 fully saturated rings. The summed E-state index contributed by atoms with van der Waals surface area (Å²) < 4.78 is 0. The molecule has 1 aromatic heterocycles. The third-order valence-corrected chi connectivity index (χ3v) is 4.21. The lowest BCUT2D eigenvalue weighted by molar-refractivity contribution is 0.284. The molecular formula is C12H22N2OS. The molecule has 0 saturated heterocycles. The first-order valence-corrected chi connectivity index (χ1v) is 6.81. The van der Waals surface area contributed by atoms with Crippen LogP contribution in [0.4, 0.5) is 5.13 Å². The predicted octanol–water partition coefficient (Wildman–Crippen LogP) is 2.82. The summed E-state index contributed by atoms with van der Waals surface area (Å²) in [4.78, 5) is 7.85. The highest BCUT2D eigenvalue weighted by Crippen LogP contribution is 2.28. The first kappa shape index (κ1) is 13.5. The van der Waals surface area contributed by atoms with E-state index in [0.29, 0.717) is 6.04 Å². The van der Waals surface area contributed by atoms with Crippen LogP contribution in [0.1, 0.15) is 44.2 Å². The van der Waals surface area contributed by atoms with E-state index in [-0.39, 0.29) is 6.61 Å². The maximum atomic E-state index is 9.25. The molecule has 0 saturated carbocycles. The molecule has 0 unspecified atom stereocenters. The maximum Gasteiger partial charge on any atom is 0.185 e. The molecule has 16 heavy (non-hydrogen) atoms. The summed E-state index contributed by atoms with van der Waals surface area (Å²) in [7, 11) is 2.09. The first-order valence-electron chi connectivity index (χ1n) is 6.00. The summed E-state index contributed by atoms with van der Waals surface area (Å²) in [6, 6.07) is 0.544. The molecule has 0 aromatic carbocycles. The minimum atomic E-state index is 0.109. The van der Waals surface area contributed by atoms with E-state index in [4.69, 9.17) is 0 Å². The van der Waals surface area contributed by atoms with Crippen molar-refractivity contribution in [3.05, 3.63) is 10.6 Å². The molecule has 0 aliphatic rings. The highest BCUT2D eigenvalue weighted by molar-refractivity contribution is 7.15. The fraction of sp³-hybridized carbons (Fsp3) is 0.750. The van der Waals surface area contributed by atoms with Crippen LogP contribution >= 0.6 is 11.3 Å². The zero-order valence-corrected chi connectivity index (χ0v) is 11.5. The Balaban J connectivity index is 2.90. The summed E-state index contributed by atoms with van der Waals surface area (Å²) in [5.74, 6) is 0. The number of thiazole rings is 1. The normalized spacial score (nSPS) is 11.1. The Bertz CT molecular complexity index is 299. The Morgan fingerprint density at radius 3 is 2.31 bits per heavy atom. The van der Waals surface area contributed by atoms with Gasteiger partial charge in [-0.3, -0.25) is 0 Å². The average molecular weight is 242 g/mol. The van der Waals surface area contributed by atoms with Crippen molar-refractivity contribution < 1.29 is 5.11 Å². The van der Waals surface area contributed by atoms with Gasteiger partial charge in [0.25, 0.3) is 0 Å². The van der Waals surface area contributed by atoms with Crippen LogP contribution in [0.3, 0.4) is 0 Å². The second kappa shape index (κ2) is 6.21. The fourth-order valence-corrected chi connectivity index (χ4v) is 2.95. The van der Waals surface area contributed by atoms with E-state index in [1.165, 1.54) is 0 Å². The van der Waals surface area contributed by atoms with Crippen molar-refractivity contribution >= 4 is 16.5 Å². The number of hydrogen-bond acceptors (Lipinski definition) is 4. The van der Waals surface area contributed by atoms with Crippen molar-refractivity contribution in [2.24, 2.45) is 0 Å². The van der Waals surface area contributed by atoms with E-state index in [2.05, 4.69) is 37.7 Å². The number of hydrogen-bond donors (Lipinski definition) is 1.